The average Bonchev–Trinajstić information content (AvgIpc) is 3.41. The summed E-state index contributed by atoms with van der Waals surface area (Å²) in [7, 11) is -2.47. The molecule has 1 saturated heterocycles. The predicted molar refractivity (Wildman–Crippen MR) is 134 cm³/mol. The largest absolute Gasteiger partial charge is 0.459 e. The normalized spacial score (nSPS) is 14.5. The van der Waals surface area contributed by atoms with Crippen molar-refractivity contribution in [2.24, 2.45) is 7.05 Å². The molecule has 5 rings (SSSR count). The number of anilines is 1. The van der Waals surface area contributed by atoms with Gasteiger partial charge in [0.2, 0.25) is 9.84 Å². The molecule has 0 spiro atoms. The van der Waals surface area contributed by atoms with Gasteiger partial charge in [0.25, 0.3) is 5.56 Å². The van der Waals surface area contributed by atoms with E-state index >= 15 is 0 Å². The minimum Gasteiger partial charge on any atom is -0.459 e. The van der Waals surface area contributed by atoms with Crippen LogP contribution in [0.5, 0.6) is 0 Å². The summed E-state index contributed by atoms with van der Waals surface area (Å²) in [6.45, 7) is 1.92. The van der Waals surface area contributed by atoms with Crippen molar-refractivity contribution in [1.29, 1.82) is 0 Å². The summed E-state index contributed by atoms with van der Waals surface area (Å²) < 4.78 is 30.8. The third-order valence-corrected chi connectivity index (χ3v) is 8.86. The van der Waals surface area contributed by atoms with Crippen LogP contribution < -0.4 is 10.5 Å². The highest BCUT2D eigenvalue weighted by Gasteiger charge is 2.33. The van der Waals surface area contributed by atoms with E-state index < -0.39 is 15.4 Å². The van der Waals surface area contributed by atoms with Gasteiger partial charge in [-0.2, -0.15) is 4.58 Å². The number of para-hydroxylation sites is 1. The Morgan fingerprint density at radius 1 is 0.971 bits per heavy atom. The topological polar surface area (TPSA) is 82.6 Å². The lowest BCUT2D eigenvalue weighted by molar-refractivity contribution is -0.536. The third-order valence-electron chi connectivity index (χ3n) is 6.19. The monoisotopic (exact) mass is 494 g/mol. The fourth-order valence-corrected chi connectivity index (χ4v) is 6.74. The molecule has 0 saturated carbocycles. The third kappa shape index (κ3) is 3.70. The van der Waals surface area contributed by atoms with Crippen molar-refractivity contribution in [3.8, 4) is 0 Å². The number of benzene rings is 2. The predicted octanol–water partition coefficient (Wildman–Crippen LogP) is 3.27. The number of nitrogens with zero attached hydrogens (tertiary/aromatic N) is 3. The van der Waals surface area contributed by atoms with Crippen molar-refractivity contribution in [2.75, 3.05) is 31.1 Å². The lowest BCUT2D eigenvalue weighted by Gasteiger charge is -2.30. The standard InChI is InChI=1S/C25H23N3O4S2/c1-26-20-11-6-5-10-19(20)22(23(25(26)30)34(31,32)18-8-3-2-4-9-18)27-13-15-28(16-14-27)24(29)21-12-7-17-33-21/h2-12,17H,13-16H2,1H3/p+1. The van der Waals surface area contributed by atoms with Gasteiger partial charge in [0, 0.05) is 12.4 Å². The van der Waals surface area contributed by atoms with Gasteiger partial charge in [0.05, 0.1) is 29.2 Å². The minimum atomic E-state index is -4.07. The lowest BCUT2D eigenvalue weighted by Crippen LogP contribution is -2.45. The van der Waals surface area contributed by atoms with Crippen LogP contribution in [0.3, 0.4) is 0 Å². The number of hydrogen-bond donors (Lipinski definition) is 1. The van der Waals surface area contributed by atoms with Crippen LogP contribution in [-0.4, -0.2) is 54.7 Å². The Morgan fingerprint density at radius 3 is 2.32 bits per heavy atom. The van der Waals surface area contributed by atoms with Crippen LogP contribution in [0.15, 0.2) is 86.7 Å². The average molecular weight is 495 g/mol. The first kappa shape index (κ1) is 22.4. The number of aliphatic hydroxyl groups is 1. The van der Waals surface area contributed by atoms with Crippen LogP contribution in [0.25, 0.3) is 10.9 Å². The fourth-order valence-electron chi connectivity index (χ4n) is 4.43. The van der Waals surface area contributed by atoms with E-state index in [0.717, 1.165) is 4.88 Å². The lowest BCUT2D eigenvalue weighted by atomic mass is 10.1. The summed E-state index contributed by atoms with van der Waals surface area (Å²) >= 11 is 1.47. The molecule has 1 N–H and O–H groups in total. The number of hydrogen-bond acceptors (Lipinski definition) is 5. The van der Waals surface area contributed by atoms with Crippen molar-refractivity contribution in [3.63, 3.8) is 0 Å². The summed E-state index contributed by atoms with van der Waals surface area (Å²) in [5.74, 6) is 0.223. The van der Waals surface area contributed by atoms with Crippen LogP contribution in [0.1, 0.15) is 4.88 Å². The van der Waals surface area contributed by atoms with Gasteiger partial charge in [-0.3, -0.25) is 4.79 Å². The summed E-state index contributed by atoms with van der Waals surface area (Å²) in [6.07, 6.45) is 0. The van der Waals surface area contributed by atoms with Crippen molar-refractivity contribution in [1.82, 2.24) is 4.57 Å². The zero-order chi connectivity index (χ0) is 23.9. The van der Waals surface area contributed by atoms with Crippen molar-refractivity contribution in [2.45, 2.75) is 9.79 Å². The number of pyridine rings is 1. The van der Waals surface area contributed by atoms with Crippen molar-refractivity contribution >= 4 is 43.7 Å². The van der Waals surface area contributed by atoms with Gasteiger partial charge < -0.3 is 14.6 Å². The Bertz CT molecular complexity index is 1550. The second kappa shape index (κ2) is 8.73. The van der Waals surface area contributed by atoms with Crippen molar-refractivity contribution in [3.05, 3.63) is 87.3 Å². The first-order chi connectivity index (χ1) is 16.4. The summed E-state index contributed by atoms with van der Waals surface area (Å²) in [5.41, 5.74) is 0.552. The first-order valence-electron chi connectivity index (χ1n) is 10.9. The highest BCUT2D eigenvalue weighted by molar-refractivity contribution is 7.91. The van der Waals surface area contributed by atoms with E-state index in [1.165, 1.54) is 28.0 Å². The van der Waals surface area contributed by atoms with Gasteiger partial charge in [0.1, 0.15) is 4.88 Å². The minimum absolute atomic E-state index is 0.0888. The van der Waals surface area contributed by atoms with E-state index in [-0.39, 0.29) is 15.7 Å². The molecular formula is C25H24N3O4S2+. The van der Waals surface area contributed by atoms with E-state index in [1.807, 2.05) is 51.3 Å². The van der Waals surface area contributed by atoms with E-state index in [4.69, 9.17) is 0 Å². The van der Waals surface area contributed by atoms with Crippen LogP contribution >= 0.6 is 11.3 Å². The number of piperazine rings is 1. The summed E-state index contributed by atoms with van der Waals surface area (Å²) in [4.78, 5) is 16.1. The SMILES string of the molecule is Cn1c(=O)c(S(=O)(=O)c2ccccc2)c(N2CC[N+](=C(O)c3cccs3)CC2)c2ccccc21. The van der Waals surface area contributed by atoms with Crippen LogP contribution in [0, 0.1) is 0 Å². The Labute approximate surface area is 201 Å². The molecule has 0 aliphatic carbocycles. The smallest absolute Gasteiger partial charge is 0.377 e. The van der Waals surface area contributed by atoms with Crippen LogP contribution in [0.4, 0.5) is 5.69 Å². The maximum atomic E-state index is 13.7. The van der Waals surface area contributed by atoms with Gasteiger partial charge in [-0.15, -0.1) is 11.3 Å². The van der Waals surface area contributed by atoms with Gasteiger partial charge >= 0.3 is 5.90 Å². The zero-order valence-corrected chi connectivity index (χ0v) is 20.2. The quantitative estimate of drug-likeness (QED) is 0.348. The Morgan fingerprint density at radius 2 is 1.65 bits per heavy atom. The number of thiophene rings is 1. The number of aromatic nitrogens is 1. The first-order valence-corrected chi connectivity index (χ1v) is 13.3. The molecule has 0 amide bonds. The molecule has 2 aromatic heterocycles. The Hall–Kier alpha value is -3.43. The fraction of sp³-hybridized carbons (Fsp3) is 0.200. The molecule has 0 radical (unpaired) electrons. The molecule has 0 atom stereocenters. The Kier molecular flexibility index (Phi) is 5.75. The number of aliphatic hydroxyl groups excluding tert-OH is 1. The van der Waals surface area contributed by atoms with Gasteiger partial charge in [-0.1, -0.05) is 42.5 Å². The highest BCUT2D eigenvalue weighted by Crippen LogP contribution is 2.34. The molecule has 1 aliphatic rings. The molecular weight excluding hydrogens is 470 g/mol. The van der Waals surface area contributed by atoms with Crippen molar-refractivity contribution < 1.29 is 18.1 Å². The van der Waals surface area contributed by atoms with E-state index in [0.29, 0.717) is 42.8 Å². The second-order valence-corrected chi connectivity index (χ2v) is 11.0. The molecule has 34 heavy (non-hydrogen) atoms. The molecule has 174 valence electrons. The van der Waals surface area contributed by atoms with E-state index in [1.54, 1.807) is 25.2 Å². The summed E-state index contributed by atoms with van der Waals surface area (Å²) in [6, 6.07) is 19.2. The summed E-state index contributed by atoms with van der Waals surface area (Å²) in [5, 5.41) is 13.3. The van der Waals surface area contributed by atoms with Gasteiger partial charge in [-0.05, 0) is 29.6 Å². The van der Waals surface area contributed by atoms with Crippen LogP contribution in [-0.2, 0) is 16.9 Å². The Balaban J connectivity index is 1.67. The molecule has 1 aliphatic heterocycles. The molecule has 3 heterocycles. The maximum absolute atomic E-state index is 13.7. The van der Waals surface area contributed by atoms with Gasteiger partial charge in [-0.25, -0.2) is 8.42 Å². The molecule has 2 aromatic carbocycles. The molecule has 4 aromatic rings. The molecule has 0 unspecified atom stereocenters. The second-order valence-electron chi connectivity index (χ2n) is 8.15. The number of sulfone groups is 1. The molecule has 0 bridgehead atoms. The molecule has 9 heteroatoms. The molecule has 7 nitrogen and oxygen atoms in total. The highest BCUT2D eigenvalue weighted by atomic mass is 32.2. The zero-order valence-electron chi connectivity index (χ0n) is 18.6. The molecule has 1 fully saturated rings. The maximum Gasteiger partial charge on any atom is 0.377 e. The van der Waals surface area contributed by atoms with E-state index in [2.05, 4.69) is 0 Å². The number of aryl methyl sites for hydroxylation is 1. The van der Waals surface area contributed by atoms with E-state index in [9.17, 15) is 18.3 Å². The van der Waals surface area contributed by atoms with Crippen LogP contribution in [0.2, 0.25) is 0 Å². The number of fused-ring (bicyclic) bond motifs is 1. The van der Waals surface area contributed by atoms with Gasteiger partial charge in [0.15, 0.2) is 18.0 Å². The number of rotatable bonds is 4.